The highest BCUT2D eigenvalue weighted by atomic mass is 16.5. The van der Waals surface area contributed by atoms with Crippen molar-refractivity contribution in [3.63, 3.8) is 0 Å². The van der Waals surface area contributed by atoms with Gasteiger partial charge in [0, 0.05) is 19.6 Å². The predicted molar refractivity (Wildman–Crippen MR) is 54.5 cm³/mol. The van der Waals surface area contributed by atoms with Gasteiger partial charge in [0.05, 0.1) is 0 Å². The van der Waals surface area contributed by atoms with E-state index in [1.165, 1.54) is 12.8 Å². The first-order valence-electron chi connectivity index (χ1n) is 5.38. The maximum atomic E-state index is 5.17. The second kappa shape index (κ2) is 4.72. The summed E-state index contributed by atoms with van der Waals surface area (Å²) in [4.78, 5) is 4.30. The van der Waals surface area contributed by atoms with Crippen LogP contribution in [0.15, 0.2) is 4.52 Å². The van der Waals surface area contributed by atoms with Gasteiger partial charge >= 0.3 is 0 Å². The third-order valence-corrected chi connectivity index (χ3v) is 2.78. The van der Waals surface area contributed by atoms with E-state index < -0.39 is 0 Å². The van der Waals surface area contributed by atoms with Crippen molar-refractivity contribution in [2.45, 2.75) is 38.3 Å². The molecule has 2 heterocycles. The first-order valence-corrected chi connectivity index (χ1v) is 5.38. The maximum absolute atomic E-state index is 5.17. The molecule has 2 unspecified atom stereocenters. The van der Waals surface area contributed by atoms with E-state index in [0.29, 0.717) is 17.8 Å². The monoisotopic (exact) mass is 211 g/mol. The Labute approximate surface area is 89.2 Å². The molecule has 0 spiro atoms. The number of methoxy groups -OCH3 is 1. The molecule has 84 valence electrons. The molecule has 0 radical (unpaired) electrons. The zero-order valence-electron chi connectivity index (χ0n) is 9.19. The van der Waals surface area contributed by atoms with Crippen LogP contribution in [0.4, 0.5) is 0 Å². The Balaban J connectivity index is 1.94. The van der Waals surface area contributed by atoms with Crippen LogP contribution in [0.3, 0.4) is 0 Å². The molecule has 1 fully saturated rings. The molecule has 1 aliphatic heterocycles. The summed E-state index contributed by atoms with van der Waals surface area (Å²) in [5.74, 6) is 1.33. The summed E-state index contributed by atoms with van der Waals surface area (Å²) in [7, 11) is 1.64. The van der Waals surface area contributed by atoms with E-state index in [-0.39, 0.29) is 6.10 Å². The summed E-state index contributed by atoms with van der Waals surface area (Å²) in [5.41, 5.74) is 0. The van der Waals surface area contributed by atoms with E-state index in [1.54, 1.807) is 7.11 Å². The lowest BCUT2D eigenvalue weighted by Crippen LogP contribution is -2.23. The highest BCUT2D eigenvalue weighted by Gasteiger charge is 2.19. The largest absolute Gasteiger partial charge is 0.374 e. The molecule has 1 aromatic rings. The van der Waals surface area contributed by atoms with E-state index in [4.69, 9.17) is 9.26 Å². The van der Waals surface area contributed by atoms with Crippen LogP contribution in [0.25, 0.3) is 0 Å². The van der Waals surface area contributed by atoms with Crippen LogP contribution in [-0.4, -0.2) is 29.8 Å². The van der Waals surface area contributed by atoms with Crippen molar-refractivity contribution in [2.24, 2.45) is 0 Å². The van der Waals surface area contributed by atoms with Gasteiger partial charge in [-0.05, 0) is 26.3 Å². The minimum absolute atomic E-state index is 0.0981. The number of ether oxygens (including phenoxy) is 1. The third-order valence-electron chi connectivity index (χ3n) is 2.78. The topological polar surface area (TPSA) is 60.2 Å². The van der Waals surface area contributed by atoms with Gasteiger partial charge in [0.2, 0.25) is 5.89 Å². The highest BCUT2D eigenvalue weighted by molar-refractivity contribution is 4.93. The summed E-state index contributed by atoms with van der Waals surface area (Å²) in [5, 5.41) is 7.29. The summed E-state index contributed by atoms with van der Waals surface area (Å²) in [6.07, 6.45) is 3.15. The van der Waals surface area contributed by atoms with Gasteiger partial charge in [-0.25, -0.2) is 0 Å². The SMILES string of the molecule is COC(C)c1noc(CC2CCCN2)n1. The van der Waals surface area contributed by atoms with Gasteiger partial charge < -0.3 is 14.6 Å². The zero-order valence-corrected chi connectivity index (χ0v) is 9.19. The van der Waals surface area contributed by atoms with Gasteiger partial charge in [-0.15, -0.1) is 0 Å². The Morgan fingerprint density at radius 2 is 2.53 bits per heavy atom. The lowest BCUT2D eigenvalue weighted by molar-refractivity contribution is 0.109. The summed E-state index contributed by atoms with van der Waals surface area (Å²) >= 11 is 0. The Morgan fingerprint density at radius 1 is 1.67 bits per heavy atom. The quantitative estimate of drug-likeness (QED) is 0.807. The van der Waals surface area contributed by atoms with Gasteiger partial charge in [0.15, 0.2) is 5.82 Å². The molecule has 0 bridgehead atoms. The van der Waals surface area contributed by atoms with Crippen LogP contribution in [0.2, 0.25) is 0 Å². The normalized spacial score (nSPS) is 23.2. The Morgan fingerprint density at radius 3 is 3.20 bits per heavy atom. The Kier molecular flexibility index (Phi) is 3.33. The molecule has 1 aromatic heterocycles. The molecule has 1 aliphatic rings. The molecule has 0 aromatic carbocycles. The number of nitrogens with zero attached hydrogens (tertiary/aromatic N) is 2. The van der Waals surface area contributed by atoms with Gasteiger partial charge in [-0.3, -0.25) is 0 Å². The van der Waals surface area contributed by atoms with Crippen molar-refractivity contribution in [3.8, 4) is 0 Å². The van der Waals surface area contributed by atoms with Crippen LogP contribution < -0.4 is 5.32 Å². The van der Waals surface area contributed by atoms with Crippen molar-refractivity contribution in [1.82, 2.24) is 15.5 Å². The van der Waals surface area contributed by atoms with Crippen molar-refractivity contribution in [2.75, 3.05) is 13.7 Å². The fourth-order valence-corrected chi connectivity index (χ4v) is 1.76. The molecule has 0 aliphatic carbocycles. The van der Waals surface area contributed by atoms with Crippen LogP contribution in [-0.2, 0) is 11.2 Å². The van der Waals surface area contributed by atoms with Gasteiger partial charge in [-0.1, -0.05) is 5.16 Å². The summed E-state index contributed by atoms with van der Waals surface area (Å²) < 4.78 is 10.3. The number of aromatic nitrogens is 2. The Bertz CT molecular complexity index is 307. The summed E-state index contributed by atoms with van der Waals surface area (Å²) in [6, 6.07) is 0.496. The molecule has 2 rings (SSSR count). The molecule has 0 amide bonds. The van der Waals surface area contributed by atoms with Crippen molar-refractivity contribution >= 4 is 0 Å². The van der Waals surface area contributed by atoms with Crippen LogP contribution >= 0.6 is 0 Å². The van der Waals surface area contributed by atoms with E-state index in [1.807, 2.05) is 6.92 Å². The zero-order chi connectivity index (χ0) is 10.7. The first kappa shape index (κ1) is 10.6. The van der Waals surface area contributed by atoms with Gasteiger partial charge in [-0.2, -0.15) is 4.98 Å². The smallest absolute Gasteiger partial charge is 0.228 e. The van der Waals surface area contributed by atoms with Crippen LogP contribution in [0.1, 0.15) is 37.6 Å². The summed E-state index contributed by atoms with van der Waals surface area (Å²) in [6.45, 7) is 3.00. The lowest BCUT2D eigenvalue weighted by Gasteiger charge is -2.05. The third kappa shape index (κ3) is 2.54. The van der Waals surface area contributed by atoms with E-state index in [9.17, 15) is 0 Å². The van der Waals surface area contributed by atoms with Crippen molar-refractivity contribution < 1.29 is 9.26 Å². The van der Waals surface area contributed by atoms with Gasteiger partial charge in [0.1, 0.15) is 6.10 Å². The lowest BCUT2D eigenvalue weighted by atomic mass is 10.1. The van der Waals surface area contributed by atoms with Crippen LogP contribution in [0.5, 0.6) is 0 Å². The molecular formula is C10H17N3O2. The fourth-order valence-electron chi connectivity index (χ4n) is 1.76. The molecule has 1 saturated heterocycles. The molecule has 15 heavy (non-hydrogen) atoms. The molecule has 2 atom stereocenters. The van der Waals surface area contributed by atoms with Crippen molar-refractivity contribution in [3.05, 3.63) is 11.7 Å². The molecule has 5 nitrogen and oxygen atoms in total. The highest BCUT2D eigenvalue weighted by Crippen LogP contribution is 2.14. The molecule has 0 saturated carbocycles. The van der Waals surface area contributed by atoms with Crippen molar-refractivity contribution in [1.29, 1.82) is 0 Å². The fraction of sp³-hybridized carbons (Fsp3) is 0.800. The number of nitrogens with one attached hydrogen (secondary N) is 1. The molecule has 5 heteroatoms. The van der Waals surface area contributed by atoms with Crippen LogP contribution in [0, 0.1) is 0 Å². The second-order valence-electron chi connectivity index (χ2n) is 3.92. The average molecular weight is 211 g/mol. The molecule has 1 N–H and O–H groups in total. The maximum Gasteiger partial charge on any atom is 0.228 e. The Hall–Kier alpha value is -0.940. The predicted octanol–water partition coefficient (Wildman–Crippen LogP) is 1.07. The second-order valence-corrected chi connectivity index (χ2v) is 3.92. The standard InChI is InChI=1S/C10H17N3O2/c1-7(14-2)10-12-9(15-13-10)6-8-4-3-5-11-8/h7-8,11H,3-6H2,1-2H3. The minimum atomic E-state index is -0.0981. The van der Waals surface area contributed by atoms with E-state index in [2.05, 4.69) is 15.5 Å². The number of hydrogen-bond acceptors (Lipinski definition) is 5. The minimum Gasteiger partial charge on any atom is -0.374 e. The number of hydrogen-bond donors (Lipinski definition) is 1. The van der Waals surface area contributed by atoms with E-state index >= 15 is 0 Å². The van der Waals surface area contributed by atoms with Gasteiger partial charge in [0.25, 0.3) is 0 Å². The average Bonchev–Trinajstić information content (AvgIpc) is 2.88. The molecular weight excluding hydrogens is 194 g/mol. The first-order chi connectivity index (χ1) is 7.29. The van der Waals surface area contributed by atoms with E-state index in [0.717, 1.165) is 13.0 Å². The number of rotatable bonds is 4.